The van der Waals surface area contributed by atoms with Crippen LogP contribution in [0.1, 0.15) is 23.3 Å². The number of carbonyl (C=O) groups is 1. The zero-order chi connectivity index (χ0) is 11.5. The Bertz CT molecular complexity index is 364. The molecule has 0 radical (unpaired) electrons. The summed E-state index contributed by atoms with van der Waals surface area (Å²) in [6.07, 6.45) is 6.90. The number of amides is 1. The van der Waals surface area contributed by atoms with Gasteiger partial charge >= 0.3 is 0 Å². The molecule has 0 aliphatic heterocycles. The highest BCUT2D eigenvalue weighted by molar-refractivity contribution is 5.92. The summed E-state index contributed by atoms with van der Waals surface area (Å²) in [6.45, 7) is 0.507. The van der Waals surface area contributed by atoms with E-state index in [4.69, 9.17) is 5.73 Å². The number of rotatable bonds is 4. The molecule has 1 atom stereocenters. The Hall–Kier alpha value is -1.49. The summed E-state index contributed by atoms with van der Waals surface area (Å²) in [5, 5.41) is 0. The lowest BCUT2D eigenvalue weighted by molar-refractivity contribution is 0.0712. The average molecular weight is 220 g/mol. The van der Waals surface area contributed by atoms with Crippen LogP contribution in [0, 0.1) is 5.92 Å². The van der Waals surface area contributed by atoms with Gasteiger partial charge < -0.3 is 10.6 Å². The molecule has 5 nitrogen and oxygen atoms in total. The Labute approximate surface area is 94.7 Å². The second kappa shape index (κ2) is 4.57. The van der Waals surface area contributed by atoms with Crippen molar-refractivity contribution in [2.24, 2.45) is 11.7 Å². The smallest absolute Gasteiger partial charge is 0.274 e. The molecule has 16 heavy (non-hydrogen) atoms. The minimum absolute atomic E-state index is 0.101. The molecule has 86 valence electrons. The molecule has 5 heteroatoms. The SMILES string of the molecule is CN(C(=O)c1cnccn1)C(CN)C1CC1. The molecule has 0 aromatic carbocycles. The van der Waals surface area contributed by atoms with Gasteiger partial charge in [-0.2, -0.15) is 0 Å². The first kappa shape index (κ1) is 11.0. The third kappa shape index (κ3) is 2.19. The fraction of sp³-hybridized carbons (Fsp3) is 0.545. The average Bonchev–Trinajstić information content (AvgIpc) is 3.14. The van der Waals surface area contributed by atoms with E-state index in [0.717, 1.165) is 0 Å². The standard InChI is InChI=1S/C11H16N4O/c1-15(10(6-12)8-2-3-8)11(16)9-7-13-4-5-14-9/h4-5,7-8,10H,2-3,6,12H2,1H3. The van der Waals surface area contributed by atoms with E-state index in [1.54, 1.807) is 18.1 Å². The van der Waals surface area contributed by atoms with Crippen molar-refractivity contribution in [1.29, 1.82) is 0 Å². The van der Waals surface area contributed by atoms with Crippen LogP contribution >= 0.6 is 0 Å². The lowest BCUT2D eigenvalue weighted by Gasteiger charge is -2.26. The quantitative estimate of drug-likeness (QED) is 0.791. The predicted molar refractivity (Wildman–Crippen MR) is 59.7 cm³/mol. The Kier molecular flexibility index (Phi) is 3.14. The predicted octanol–water partition coefficient (Wildman–Crippen LogP) is 0.286. The fourth-order valence-corrected chi connectivity index (χ4v) is 1.89. The van der Waals surface area contributed by atoms with Crippen LogP contribution in [0.3, 0.4) is 0 Å². The molecule has 1 aliphatic rings. The van der Waals surface area contributed by atoms with Crippen molar-refractivity contribution in [2.75, 3.05) is 13.6 Å². The normalized spacial score (nSPS) is 16.9. The molecule has 1 fully saturated rings. The van der Waals surface area contributed by atoms with E-state index in [1.807, 2.05) is 0 Å². The summed E-state index contributed by atoms with van der Waals surface area (Å²) in [5.41, 5.74) is 6.08. The molecule has 1 aliphatic carbocycles. The number of hydrogen-bond acceptors (Lipinski definition) is 4. The second-order valence-electron chi connectivity index (χ2n) is 4.15. The van der Waals surface area contributed by atoms with Gasteiger partial charge in [0.25, 0.3) is 5.91 Å². The van der Waals surface area contributed by atoms with Crippen molar-refractivity contribution in [3.05, 3.63) is 24.3 Å². The molecule has 0 bridgehead atoms. The first-order chi connectivity index (χ1) is 7.74. The van der Waals surface area contributed by atoms with Crippen LogP contribution in [0.4, 0.5) is 0 Å². The third-order valence-electron chi connectivity index (χ3n) is 3.01. The van der Waals surface area contributed by atoms with E-state index in [-0.39, 0.29) is 11.9 Å². The van der Waals surface area contributed by atoms with Crippen LogP contribution in [-0.2, 0) is 0 Å². The van der Waals surface area contributed by atoms with Crippen LogP contribution in [0.2, 0.25) is 0 Å². The van der Waals surface area contributed by atoms with Gasteiger partial charge in [-0.05, 0) is 18.8 Å². The van der Waals surface area contributed by atoms with E-state index in [9.17, 15) is 4.79 Å². The van der Waals surface area contributed by atoms with Crippen molar-refractivity contribution in [3.8, 4) is 0 Å². The van der Waals surface area contributed by atoms with Crippen LogP contribution in [0.15, 0.2) is 18.6 Å². The van der Waals surface area contributed by atoms with E-state index < -0.39 is 0 Å². The molecule has 2 rings (SSSR count). The minimum atomic E-state index is -0.101. The van der Waals surface area contributed by atoms with Gasteiger partial charge in [-0.1, -0.05) is 0 Å². The summed E-state index contributed by atoms with van der Waals surface area (Å²) in [7, 11) is 1.78. The van der Waals surface area contributed by atoms with Gasteiger partial charge in [0.05, 0.1) is 6.20 Å². The maximum atomic E-state index is 12.0. The van der Waals surface area contributed by atoms with Gasteiger partial charge in [-0.15, -0.1) is 0 Å². The molecule has 1 amide bonds. The van der Waals surface area contributed by atoms with Crippen molar-refractivity contribution in [1.82, 2.24) is 14.9 Å². The van der Waals surface area contributed by atoms with Crippen LogP contribution in [-0.4, -0.2) is 40.4 Å². The molecular weight excluding hydrogens is 204 g/mol. The summed E-state index contributed by atoms with van der Waals surface area (Å²) in [4.78, 5) is 21.6. The van der Waals surface area contributed by atoms with Crippen molar-refractivity contribution in [3.63, 3.8) is 0 Å². The zero-order valence-electron chi connectivity index (χ0n) is 9.34. The van der Waals surface area contributed by atoms with Crippen LogP contribution in [0.25, 0.3) is 0 Å². The Morgan fingerprint density at radius 1 is 1.62 bits per heavy atom. The van der Waals surface area contributed by atoms with Gasteiger partial charge in [0, 0.05) is 32.0 Å². The molecule has 1 aromatic rings. The van der Waals surface area contributed by atoms with E-state index >= 15 is 0 Å². The Morgan fingerprint density at radius 2 is 2.38 bits per heavy atom. The van der Waals surface area contributed by atoms with E-state index in [0.29, 0.717) is 18.2 Å². The van der Waals surface area contributed by atoms with Crippen LogP contribution < -0.4 is 5.73 Å². The van der Waals surface area contributed by atoms with Gasteiger partial charge in [-0.3, -0.25) is 9.78 Å². The number of likely N-dealkylation sites (N-methyl/N-ethyl adjacent to an activating group) is 1. The topological polar surface area (TPSA) is 72.1 Å². The highest BCUT2D eigenvalue weighted by Crippen LogP contribution is 2.34. The molecule has 1 saturated carbocycles. The fourth-order valence-electron chi connectivity index (χ4n) is 1.89. The highest BCUT2D eigenvalue weighted by atomic mass is 16.2. The van der Waals surface area contributed by atoms with Gasteiger partial charge in [0.2, 0.25) is 0 Å². The minimum Gasteiger partial charge on any atom is -0.336 e. The first-order valence-electron chi connectivity index (χ1n) is 5.47. The maximum Gasteiger partial charge on any atom is 0.274 e. The Morgan fingerprint density at radius 3 is 2.88 bits per heavy atom. The van der Waals surface area contributed by atoms with Gasteiger partial charge in [0.1, 0.15) is 5.69 Å². The Balaban J connectivity index is 2.09. The first-order valence-corrected chi connectivity index (χ1v) is 5.47. The number of nitrogens with zero attached hydrogens (tertiary/aromatic N) is 3. The number of carbonyl (C=O) groups excluding carboxylic acids is 1. The zero-order valence-corrected chi connectivity index (χ0v) is 9.34. The number of aromatic nitrogens is 2. The largest absolute Gasteiger partial charge is 0.336 e. The highest BCUT2D eigenvalue weighted by Gasteiger charge is 2.35. The van der Waals surface area contributed by atoms with E-state index in [1.165, 1.54) is 25.2 Å². The van der Waals surface area contributed by atoms with Gasteiger partial charge in [0.15, 0.2) is 0 Å². The van der Waals surface area contributed by atoms with Crippen LogP contribution in [0.5, 0.6) is 0 Å². The third-order valence-corrected chi connectivity index (χ3v) is 3.01. The molecular formula is C11H16N4O. The summed E-state index contributed by atoms with van der Waals surface area (Å²) < 4.78 is 0. The lowest BCUT2D eigenvalue weighted by Crippen LogP contribution is -2.43. The number of nitrogens with two attached hydrogens (primary N) is 1. The summed E-state index contributed by atoms with van der Waals surface area (Å²) >= 11 is 0. The van der Waals surface area contributed by atoms with Crippen molar-refractivity contribution < 1.29 is 4.79 Å². The maximum absolute atomic E-state index is 12.0. The molecule has 0 saturated heterocycles. The molecule has 1 aromatic heterocycles. The molecule has 1 unspecified atom stereocenters. The monoisotopic (exact) mass is 220 g/mol. The van der Waals surface area contributed by atoms with E-state index in [2.05, 4.69) is 9.97 Å². The molecule has 1 heterocycles. The summed E-state index contributed by atoms with van der Waals surface area (Å²) in [6, 6.07) is 0.134. The molecule has 2 N–H and O–H groups in total. The lowest BCUT2D eigenvalue weighted by atomic mass is 10.1. The second-order valence-corrected chi connectivity index (χ2v) is 4.15. The number of hydrogen-bond donors (Lipinski definition) is 1. The van der Waals surface area contributed by atoms with Gasteiger partial charge in [-0.25, -0.2) is 4.98 Å². The molecule has 0 spiro atoms. The van der Waals surface area contributed by atoms with Crippen molar-refractivity contribution in [2.45, 2.75) is 18.9 Å². The van der Waals surface area contributed by atoms with Crippen molar-refractivity contribution >= 4 is 5.91 Å². The summed E-state index contributed by atoms with van der Waals surface area (Å²) in [5.74, 6) is 0.464.